The normalized spacial score (nSPS) is 13.4. The molecule has 2 heteroatoms. The van der Waals surface area contributed by atoms with Crippen LogP contribution in [-0.2, 0) is 0 Å². The van der Waals surface area contributed by atoms with Gasteiger partial charge in [0.25, 0.3) is 0 Å². The zero-order valence-electron chi connectivity index (χ0n) is 8.28. The Morgan fingerprint density at radius 3 is 2.36 bits per heavy atom. The molecule has 0 heterocycles. The molecule has 0 spiro atoms. The molecule has 0 saturated heterocycles. The number of nitrogens with one attached hydrogen (secondary N) is 2. The molecule has 0 aromatic rings. The van der Waals surface area contributed by atoms with Crippen molar-refractivity contribution in [3.8, 4) is 0 Å². The highest BCUT2D eigenvalue weighted by molar-refractivity contribution is 4.95. The highest BCUT2D eigenvalue weighted by Gasteiger charge is 2.12. The predicted octanol–water partition coefficient (Wildman–Crippen LogP) is 1.50. The van der Waals surface area contributed by atoms with Gasteiger partial charge in [-0.2, -0.15) is 0 Å². The van der Waals surface area contributed by atoms with Crippen LogP contribution in [0.15, 0.2) is 11.8 Å². The third kappa shape index (κ3) is 4.85. The lowest BCUT2D eigenvalue weighted by Crippen LogP contribution is -2.45. The number of likely N-dealkylation sites (N-methyl/N-ethyl adjacent to an activating group) is 1. The molecule has 0 aliphatic carbocycles. The van der Waals surface area contributed by atoms with E-state index in [9.17, 15) is 0 Å². The molecule has 0 unspecified atom stereocenters. The van der Waals surface area contributed by atoms with Crippen LogP contribution in [0.5, 0.6) is 0 Å². The molecule has 0 radical (unpaired) electrons. The van der Waals surface area contributed by atoms with Crippen molar-refractivity contribution in [3.05, 3.63) is 11.8 Å². The van der Waals surface area contributed by atoms with E-state index in [-0.39, 0.29) is 5.54 Å². The van der Waals surface area contributed by atoms with Gasteiger partial charge in [-0.1, -0.05) is 6.08 Å². The topological polar surface area (TPSA) is 24.1 Å². The molecule has 0 aromatic heterocycles. The van der Waals surface area contributed by atoms with Crippen molar-refractivity contribution in [1.29, 1.82) is 0 Å². The average Bonchev–Trinajstić information content (AvgIpc) is 2.00. The SMILES string of the molecule is C/C=C(\C)NCC(C)(C)NC. The van der Waals surface area contributed by atoms with Crippen LogP contribution in [0.3, 0.4) is 0 Å². The van der Waals surface area contributed by atoms with Crippen molar-refractivity contribution in [3.63, 3.8) is 0 Å². The van der Waals surface area contributed by atoms with E-state index in [0.29, 0.717) is 0 Å². The zero-order chi connectivity index (χ0) is 8.91. The lowest BCUT2D eigenvalue weighted by Gasteiger charge is -2.24. The standard InChI is InChI=1S/C9H20N2/c1-6-8(2)11-7-9(3,4)10-5/h6,10-11H,7H2,1-5H3/b8-6+. The fourth-order valence-electron chi connectivity index (χ4n) is 0.551. The van der Waals surface area contributed by atoms with E-state index in [0.717, 1.165) is 6.54 Å². The molecule has 0 aliphatic heterocycles. The molecular weight excluding hydrogens is 136 g/mol. The molecule has 0 fully saturated rings. The predicted molar refractivity (Wildman–Crippen MR) is 50.6 cm³/mol. The third-order valence-electron chi connectivity index (χ3n) is 1.92. The van der Waals surface area contributed by atoms with Crippen LogP contribution >= 0.6 is 0 Å². The summed E-state index contributed by atoms with van der Waals surface area (Å²) >= 11 is 0. The molecule has 2 nitrogen and oxygen atoms in total. The van der Waals surface area contributed by atoms with Gasteiger partial charge in [0, 0.05) is 17.8 Å². The molecule has 11 heavy (non-hydrogen) atoms. The molecule has 2 N–H and O–H groups in total. The van der Waals surface area contributed by atoms with Crippen LogP contribution in [-0.4, -0.2) is 19.1 Å². The summed E-state index contributed by atoms with van der Waals surface area (Å²) < 4.78 is 0. The van der Waals surface area contributed by atoms with E-state index in [1.807, 2.05) is 14.0 Å². The largest absolute Gasteiger partial charge is 0.387 e. The van der Waals surface area contributed by atoms with E-state index in [1.165, 1.54) is 5.70 Å². The average molecular weight is 156 g/mol. The van der Waals surface area contributed by atoms with Gasteiger partial charge in [0.15, 0.2) is 0 Å². The first-order valence-corrected chi connectivity index (χ1v) is 4.07. The molecule has 0 aromatic carbocycles. The number of hydrogen-bond acceptors (Lipinski definition) is 2. The smallest absolute Gasteiger partial charge is 0.0321 e. The Labute approximate surface area is 70.1 Å². The summed E-state index contributed by atoms with van der Waals surface area (Å²) in [5, 5.41) is 6.55. The molecule has 0 rings (SSSR count). The maximum absolute atomic E-state index is 3.32. The van der Waals surface area contributed by atoms with Crippen molar-refractivity contribution in [2.24, 2.45) is 0 Å². The Bertz CT molecular complexity index is 136. The van der Waals surface area contributed by atoms with E-state index in [1.54, 1.807) is 0 Å². The number of hydrogen-bond donors (Lipinski definition) is 2. The number of allylic oxidation sites excluding steroid dienone is 2. The first-order chi connectivity index (χ1) is 5.02. The van der Waals surface area contributed by atoms with Crippen molar-refractivity contribution >= 4 is 0 Å². The van der Waals surface area contributed by atoms with Crippen LogP contribution in [0.4, 0.5) is 0 Å². The second kappa shape index (κ2) is 4.39. The maximum atomic E-state index is 3.32. The lowest BCUT2D eigenvalue weighted by molar-refractivity contribution is 0.409. The highest BCUT2D eigenvalue weighted by Crippen LogP contribution is 1.99. The Morgan fingerprint density at radius 2 is 2.00 bits per heavy atom. The van der Waals surface area contributed by atoms with Gasteiger partial charge in [0.05, 0.1) is 0 Å². The van der Waals surface area contributed by atoms with Gasteiger partial charge in [0.1, 0.15) is 0 Å². The molecule has 0 bridgehead atoms. The van der Waals surface area contributed by atoms with Crippen molar-refractivity contribution in [1.82, 2.24) is 10.6 Å². The monoisotopic (exact) mass is 156 g/mol. The van der Waals surface area contributed by atoms with Gasteiger partial charge < -0.3 is 10.6 Å². The number of rotatable bonds is 4. The van der Waals surface area contributed by atoms with E-state index in [2.05, 4.69) is 37.5 Å². The van der Waals surface area contributed by atoms with Gasteiger partial charge in [-0.05, 0) is 34.7 Å². The van der Waals surface area contributed by atoms with Gasteiger partial charge in [0.2, 0.25) is 0 Å². The summed E-state index contributed by atoms with van der Waals surface area (Å²) in [7, 11) is 1.98. The minimum absolute atomic E-state index is 0.171. The fourth-order valence-corrected chi connectivity index (χ4v) is 0.551. The fraction of sp³-hybridized carbons (Fsp3) is 0.778. The second-order valence-corrected chi connectivity index (χ2v) is 3.46. The summed E-state index contributed by atoms with van der Waals surface area (Å²) in [6.45, 7) is 9.41. The minimum atomic E-state index is 0.171. The van der Waals surface area contributed by atoms with E-state index in [4.69, 9.17) is 0 Å². The van der Waals surface area contributed by atoms with Crippen molar-refractivity contribution < 1.29 is 0 Å². The van der Waals surface area contributed by atoms with Gasteiger partial charge in [-0.15, -0.1) is 0 Å². The summed E-state index contributed by atoms with van der Waals surface area (Å²) in [6.07, 6.45) is 2.08. The summed E-state index contributed by atoms with van der Waals surface area (Å²) in [6, 6.07) is 0. The van der Waals surface area contributed by atoms with Crippen LogP contribution in [0, 0.1) is 0 Å². The lowest BCUT2D eigenvalue weighted by atomic mass is 10.1. The molecule has 66 valence electrons. The van der Waals surface area contributed by atoms with Crippen molar-refractivity contribution in [2.45, 2.75) is 33.2 Å². The summed E-state index contributed by atoms with van der Waals surface area (Å²) in [5.41, 5.74) is 1.40. The Morgan fingerprint density at radius 1 is 1.45 bits per heavy atom. The third-order valence-corrected chi connectivity index (χ3v) is 1.92. The minimum Gasteiger partial charge on any atom is -0.387 e. The highest BCUT2D eigenvalue weighted by atomic mass is 15.0. The molecule has 0 atom stereocenters. The van der Waals surface area contributed by atoms with Gasteiger partial charge >= 0.3 is 0 Å². The summed E-state index contributed by atoms with van der Waals surface area (Å²) in [4.78, 5) is 0. The van der Waals surface area contributed by atoms with Gasteiger partial charge in [-0.25, -0.2) is 0 Å². The first-order valence-electron chi connectivity index (χ1n) is 4.07. The van der Waals surface area contributed by atoms with Gasteiger partial charge in [-0.3, -0.25) is 0 Å². The summed E-state index contributed by atoms with van der Waals surface area (Å²) in [5.74, 6) is 0. The van der Waals surface area contributed by atoms with Crippen LogP contribution in [0.1, 0.15) is 27.7 Å². The maximum Gasteiger partial charge on any atom is 0.0321 e. The van der Waals surface area contributed by atoms with E-state index < -0.39 is 0 Å². The van der Waals surface area contributed by atoms with Crippen molar-refractivity contribution in [2.75, 3.05) is 13.6 Å². The zero-order valence-corrected chi connectivity index (χ0v) is 8.28. The van der Waals surface area contributed by atoms with Crippen LogP contribution < -0.4 is 10.6 Å². The second-order valence-electron chi connectivity index (χ2n) is 3.46. The molecule has 0 aliphatic rings. The Balaban J connectivity index is 3.70. The molecule has 0 amide bonds. The quantitative estimate of drug-likeness (QED) is 0.644. The Hall–Kier alpha value is -0.500. The van der Waals surface area contributed by atoms with Crippen LogP contribution in [0.2, 0.25) is 0 Å². The van der Waals surface area contributed by atoms with E-state index >= 15 is 0 Å². The molecule has 0 saturated carbocycles. The molecular formula is C9H20N2. The van der Waals surface area contributed by atoms with Crippen LogP contribution in [0.25, 0.3) is 0 Å². The Kier molecular flexibility index (Phi) is 4.19. The first kappa shape index (κ1) is 10.5.